The summed E-state index contributed by atoms with van der Waals surface area (Å²) in [6.45, 7) is 4.27. The minimum Gasteiger partial charge on any atom is -0.479 e. The first-order valence-corrected chi connectivity index (χ1v) is 9.47. The minimum atomic E-state index is -1.57. The van der Waals surface area contributed by atoms with Crippen molar-refractivity contribution in [1.29, 1.82) is 0 Å². The van der Waals surface area contributed by atoms with Gasteiger partial charge >= 0.3 is 5.97 Å². The van der Waals surface area contributed by atoms with Gasteiger partial charge < -0.3 is 10.2 Å². The molecule has 24 heavy (non-hydrogen) atoms. The fourth-order valence-electron chi connectivity index (χ4n) is 6.96. The van der Waals surface area contributed by atoms with Crippen molar-refractivity contribution in [3.05, 3.63) is 11.6 Å². The lowest BCUT2D eigenvalue weighted by atomic mass is 9.48. The van der Waals surface area contributed by atoms with Crippen LogP contribution in [0.3, 0.4) is 0 Å². The zero-order valence-electron chi connectivity index (χ0n) is 14.6. The molecular formula is C20H28O4. The molecule has 132 valence electrons. The summed E-state index contributed by atoms with van der Waals surface area (Å²) in [4.78, 5) is 23.6. The van der Waals surface area contributed by atoms with E-state index >= 15 is 0 Å². The van der Waals surface area contributed by atoms with E-state index < -0.39 is 17.0 Å². The summed E-state index contributed by atoms with van der Waals surface area (Å²) in [5.41, 5.74) is -0.740. The van der Waals surface area contributed by atoms with Crippen LogP contribution in [0.4, 0.5) is 0 Å². The van der Waals surface area contributed by atoms with Gasteiger partial charge in [-0.3, -0.25) is 4.79 Å². The van der Waals surface area contributed by atoms with Crippen LogP contribution in [-0.2, 0) is 9.59 Å². The van der Waals surface area contributed by atoms with E-state index in [0.29, 0.717) is 36.5 Å². The summed E-state index contributed by atoms with van der Waals surface area (Å²) >= 11 is 0. The molecule has 4 rings (SSSR count). The standard InChI is InChI=1S/C20H28O4/c1-11-9-12-10-13(21)3-4-14(12)15-5-7-19(2)16(17(11)15)6-8-20(19,24)18(22)23/h10-11,14-17,24H,3-9H2,1-2H3,(H,22,23)/t11-,14?,15?,16?,17?,19+,20-/m1/s1. The maximum atomic E-state index is 11.8. The molecule has 0 aromatic heterocycles. The molecule has 0 heterocycles. The average Bonchev–Trinajstić information content (AvgIpc) is 2.80. The Bertz CT molecular complexity index is 623. The molecule has 3 saturated carbocycles. The zero-order chi connectivity index (χ0) is 17.3. The number of ketones is 1. The maximum absolute atomic E-state index is 11.8. The molecule has 0 bridgehead atoms. The Balaban J connectivity index is 1.70. The first kappa shape index (κ1) is 16.3. The molecule has 0 aliphatic heterocycles. The van der Waals surface area contributed by atoms with Gasteiger partial charge in [-0.05, 0) is 74.2 Å². The van der Waals surface area contributed by atoms with Crippen molar-refractivity contribution in [2.24, 2.45) is 35.0 Å². The monoisotopic (exact) mass is 332 g/mol. The van der Waals surface area contributed by atoms with E-state index in [1.807, 2.05) is 13.0 Å². The summed E-state index contributed by atoms with van der Waals surface area (Å²) in [5.74, 6) is 1.52. The number of carbonyl (C=O) groups is 2. The summed E-state index contributed by atoms with van der Waals surface area (Å²) in [6.07, 6.45) is 7.45. The second-order valence-corrected chi connectivity index (χ2v) is 9.02. The lowest BCUT2D eigenvalue weighted by Gasteiger charge is -2.56. The molecule has 0 saturated heterocycles. The Kier molecular flexibility index (Phi) is 3.51. The van der Waals surface area contributed by atoms with Gasteiger partial charge in [-0.1, -0.05) is 19.4 Å². The topological polar surface area (TPSA) is 74.6 Å². The lowest BCUT2D eigenvalue weighted by molar-refractivity contribution is -0.181. The van der Waals surface area contributed by atoms with Gasteiger partial charge in [-0.15, -0.1) is 0 Å². The summed E-state index contributed by atoms with van der Waals surface area (Å²) in [6, 6.07) is 0. The Hall–Kier alpha value is -1.16. The molecule has 4 aliphatic rings. The molecule has 7 atom stereocenters. The fourth-order valence-corrected chi connectivity index (χ4v) is 6.96. The third kappa shape index (κ3) is 1.95. The third-order valence-corrected chi connectivity index (χ3v) is 8.15. The smallest absolute Gasteiger partial charge is 0.336 e. The van der Waals surface area contributed by atoms with Crippen LogP contribution < -0.4 is 0 Å². The van der Waals surface area contributed by atoms with Gasteiger partial charge in [0, 0.05) is 11.8 Å². The van der Waals surface area contributed by atoms with Gasteiger partial charge in [0.1, 0.15) is 0 Å². The highest BCUT2D eigenvalue weighted by atomic mass is 16.4. The van der Waals surface area contributed by atoms with E-state index in [9.17, 15) is 19.8 Å². The van der Waals surface area contributed by atoms with Crippen molar-refractivity contribution < 1.29 is 19.8 Å². The van der Waals surface area contributed by atoms with Crippen LogP contribution in [-0.4, -0.2) is 27.6 Å². The highest BCUT2D eigenvalue weighted by molar-refractivity contribution is 5.91. The highest BCUT2D eigenvalue weighted by Gasteiger charge is 2.66. The number of carbonyl (C=O) groups excluding carboxylic acids is 1. The molecule has 4 aliphatic carbocycles. The molecule has 0 amide bonds. The van der Waals surface area contributed by atoms with Crippen molar-refractivity contribution in [1.82, 2.24) is 0 Å². The van der Waals surface area contributed by atoms with Gasteiger partial charge in [0.15, 0.2) is 11.4 Å². The second-order valence-electron chi connectivity index (χ2n) is 9.02. The molecule has 0 spiro atoms. The van der Waals surface area contributed by atoms with E-state index in [0.717, 1.165) is 32.1 Å². The van der Waals surface area contributed by atoms with Crippen LogP contribution in [0.2, 0.25) is 0 Å². The summed E-state index contributed by atoms with van der Waals surface area (Å²) < 4.78 is 0. The Morgan fingerprint density at radius 1 is 1.25 bits per heavy atom. The van der Waals surface area contributed by atoms with E-state index in [1.54, 1.807) is 0 Å². The zero-order valence-corrected chi connectivity index (χ0v) is 14.6. The van der Waals surface area contributed by atoms with E-state index in [-0.39, 0.29) is 11.7 Å². The van der Waals surface area contributed by atoms with Gasteiger partial charge in [-0.2, -0.15) is 0 Å². The second kappa shape index (κ2) is 5.17. The van der Waals surface area contributed by atoms with Gasteiger partial charge in [-0.25, -0.2) is 4.79 Å². The number of carboxylic acid groups (broad SMARTS) is 1. The van der Waals surface area contributed by atoms with Crippen LogP contribution in [0.25, 0.3) is 0 Å². The largest absolute Gasteiger partial charge is 0.479 e. The Morgan fingerprint density at radius 3 is 2.71 bits per heavy atom. The predicted molar refractivity (Wildman–Crippen MR) is 89.2 cm³/mol. The van der Waals surface area contributed by atoms with Crippen molar-refractivity contribution in [3.8, 4) is 0 Å². The van der Waals surface area contributed by atoms with Gasteiger partial charge in [0.25, 0.3) is 0 Å². The molecule has 4 heteroatoms. The molecule has 2 N–H and O–H groups in total. The van der Waals surface area contributed by atoms with Gasteiger partial charge in [0.05, 0.1) is 0 Å². The van der Waals surface area contributed by atoms with Crippen LogP contribution >= 0.6 is 0 Å². The quantitative estimate of drug-likeness (QED) is 0.773. The molecule has 0 aromatic rings. The van der Waals surface area contributed by atoms with Gasteiger partial charge in [0.2, 0.25) is 0 Å². The van der Waals surface area contributed by atoms with Crippen molar-refractivity contribution in [3.63, 3.8) is 0 Å². The average molecular weight is 332 g/mol. The van der Waals surface area contributed by atoms with Crippen LogP contribution in [0, 0.1) is 35.0 Å². The first-order valence-electron chi connectivity index (χ1n) is 9.47. The number of rotatable bonds is 1. The summed E-state index contributed by atoms with van der Waals surface area (Å²) in [7, 11) is 0. The molecular weight excluding hydrogens is 304 g/mol. The fraction of sp³-hybridized carbons (Fsp3) is 0.800. The summed E-state index contributed by atoms with van der Waals surface area (Å²) in [5, 5.41) is 20.6. The Labute approximate surface area is 143 Å². The van der Waals surface area contributed by atoms with E-state index in [1.165, 1.54) is 5.57 Å². The van der Waals surface area contributed by atoms with Crippen molar-refractivity contribution in [2.45, 2.75) is 64.4 Å². The number of carboxylic acids is 1. The van der Waals surface area contributed by atoms with Crippen LogP contribution in [0.1, 0.15) is 58.8 Å². The van der Waals surface area contributed by atoms with Crippen LogP contribution in [0.5, 0.6) is 0 Å². The van der Waals surface area contributed by atoms with Crippen LogP contribution in [0.15, 0.2) is 11.6 Å². The molecule has 4 unspecified atom stereocenters. The lowest BCUT2D eigenvalue weighted by Crippen LogP contribution is -2.57. The number of allylic oxidation sites excluding steroid dienone is 1. The Morgan fingerprint density at radius 2 is 2.00 bits per heavy atom. The number of hydrogen-bond donors (Lipinski definition) is 2. The normalized spacial score (nSPS) is 50.5. The molecule has 0 radical (unpaired) electrons. The van der Waals surface area contributed by atoms with Crippen molar-refractivity contribution >= 4 is 11.8 Å². The minimum absolute atomic E-state index is 0.272. The SMILES string of the molecule is C[C@@H]1CC2=CC(=O)CCC2C2CC[C@@]3(C)C(CC[C@@]3(O)C(=O)O)C21. The maximum Gasteiger partial charge on any atom is 0.336 e. The van der Waals surface area contributed by atoms with E-state index in [2.05, 4.69) is 6.92 Å². The molecule has 0 aromatic carbocycles. The third-order valence-electron chi connectivity index (χ3n) is 8.15. The number of aliphatic carboxylic acids is 1. The molecule has 3 fully saturated rings. The first-order chi connectivity index (χ1) is 11.3. The highest BCUT2D eigenvalue weighted by Crippen LogP contribution is 2.65. The number of aliphatic hydroxyl groups is 1. The number of hydrogen-bond acceptors (Lipinski definition) is 3. The predicted octanol–water partition coefficient (Wildman–Crippen LogP) is 3.19. The molecule has 4 nitrogen and oxygen atoms in total. The van der Waals surface area contributed by atoms with Crippen molar-refractivity contribution in [2.75, 3.05) is 0 Å². The number of fused-ring (bicyclic) bond motifs is 5. The van der Waals surface area contributed by atoms with E-state index in [4.69, 9.17) is 0 Å².